The minimum Gasteiger partial charge on any atom is -0.492 e. The van der Waals surface area contributed by atoms with Gasteiger partial charge in [-0.05, 0) is 71.4 Å². The van der Waals surface area contributed by atoms with E-state index in [2.05, 4.69) is 35.1 Å². The maximum absolute atomic E-state index is 13.1. The third-order valence-corrected chi connectivity index (χ3v) is 6.55. The van der Waals surface area contributed by atoms with Gasteiger partial charge < -0.3 is 15.0 Å². The number of halogens is 1. The number of para-hydroxylation sites is 1. The van der Waals surface area contributed by atoms with Gasteiger partial charge in [0.05, 0.1) is 22.3 Å². The summed E-state index contributed by atoms with van der Waals surface area (Å²) in [7, 11) is 0. The van der Waals surface area contributed by atoms with Crippen LogP contribution in [-0.2, 0) is 0 Å². The van der Waals surface area contributed by atoms with E-state index in [0.29, 0.717) is 29.3 Å². The third-order valence-electron chi connectivity index (χ3n) is 5.93. The topological polar surface area (TPSA) is 58.6 Å². The number of piperidine rings is 1. The van der Waals surface area contributed by atoms with Crippen LogP contribution in [0.2, 0.25) is 0 Å². The summed E-state index contributed by atoms with van der Waals surface area (Å²) in [6, 6.07) is 12.5. The molecule has 1 saturated heterocycles. The molecule has 0 atom stereocenters. The van der Waals surface area contributed by atoms with E-state index in [9.17, 15) is 9.59 Å². The van der Waals surface area contributed by atoms with E-state index in [4.69, 9.17) is 4.74 Å². The van der Waals surface area contributed by atoms with Crippen LogP contribution in [0.3, 0.4) is 0 Å². The molecule has 2 aromatic rings. The van der Waals surface area contributed by atoms with Crippen molar-refractivity contribution in [2.75, 3.05) is 25.0 Å². The van der Waals surface area contributed by atoms with Crippen molar-refractivity contribution in [3.63, 3.8) is 0 Å². The molecule has 1 heterocycles. The highest BCUT2D eigenvalue weighted by Gasteiger charge is 2.23. The summed E-state index contributed by atoms with van der Waals surface area (Å²) in [6.45, 7) is 6.58. The Kier molecular flexibility index (Phi) is 9.15. The molecule has 1 aliphatic rings. The van der Waals surface area contributed by atoms with Crippen LogP contribution in [0.1, 0.15) is 73.1 Å². The van der Waals surface area contributed by atoms with E-state index in [1.807, 2.05) is 23.1 Å². The Labute approximate surface area is 199 Å². The highest BCUT2D eigenvalue weighted by molar-refractivity contribution is 9.10. The monoisotopic (exact) mass is 500 g/mol. The van der Waals surface area contributed by atoms with Crippen LogP contribution in [0.5, 0.6) is 5.75 Å². The second-order valence-corrected chi connectivity index (χ2v) is 9.38. The molecule has 1 N–H and O–H groups in total. The Morgan fingerprint density at radius 1 is 1.09 bits per heavy atom. The lowest BCUT2D eigenvalue weighted by molar-refractivity contribution is 0.0698. The number of nitrogens with one attached hydrogen (secondary N) is 1. The van der Waals surface area contributed by atoms with Crippen molar-refractivity contribution in [1.29, 1.82) is 0 Å². The van der Waals surface area contributed by atoms with Gasteiger partial charge in [-0.1, -0.05) is 45.2 Å². The van der Waals surface area contributed by atoms with E-state index in [-0.39, 0.29) is 11.8 Å². The van der Waals surface area contributed by atoms with Crippen LogP contribution < -0.4 is 10.1 Å². The molecule has 0 bridgehead atoms. The molecule has 0 saturated carbocycles. The number of benzene rings is 2. The second kappa shape index (κ2) is 12.0. The van der Waals surface area contributed by atoms with Crippen molar-refractivity contribution in [3.8, 4) is 5.75 Å². The molecule has 1 aliphatic heterocycles. The molecule has 5 nitrogen and oxygen atoms in total. The number of hydrogen-bond donors (Lipinski definition) is 1. The second-order valence-electron chi connectivity index (χ2n) is 8.53. The van der Waals surface area contributed by atoms with Crippen LogP contribution in [0.15, 0.2) is 46.9 Å². The first kappa shape index (κ1) is 24.3. The van der Waals surface area contributed by atoms with Gasteiger partial charge in [-0.3, -0.25) is 9.59 Å². The van der Waals surface area contributed by atoms with Crippen LogP contribution >= 0.6 is 15.9 Å². The number of rotatable bonds is 9. The maximum atomic E-state index is 13.1. The molecule has 2 amide bonds. The van der Waals surface area contributed by atoms with Crippen molar-refractivity contribution in [2.24, 2.45) is 5.92 Å². The summed E-state index contributed by atoms with van der Waals surface area (Å²) in [5, 5.41) is 2.92. The Morgan fingerprint density at radius 3 is 2.56 bits per heavy atom. The fraction of sp³-hybridized carbons (Fsp3) is 0.462. The van der Waals surface area contributed by atoms with Crippen molar-refractivity contribution >= 4 is 33.4 Å². The van der Waals surface area contributed by atoms with E-state index >= 15 is 0 Å². The summed E-state index contributed by atoms with van der Waals surface area (Å²) < 4.78 is 6.58. The number of amides is 2. The third kappa shape index (κ3) is 6.58. The van der Waals surface area contributed by atoms with Crippen LogP contribution in [0.4, 0.5) is 5.69 Å². The van der Waals surface area contributed by atoms with Gasteiger partial charge in [0.25, 0.3) is 11.8 Å². The van der Waals surface area contributed by atoms with Gasteiger partial charge in [-0.2, -0.15) is 0 Å². The largest absolute Gasteiger partial charge is 0.492 e. The average molecular weight is 501 g/mol. The standard InChI is InChI=1S/C26H33BrN2O3/c1-3-4-5-8-17-32-24-12-11-20(18-22(24)27)25(30)28-23-10-7-6-9-21(23)26(31)29-15-13-19(2)14-16-29/h6-7,9-12,18-19H,3-5,8,13-17H2,1-2H3,(H,28,30). The number of anilines is 1. The smallest absolute Gasteiger partial charge is 0.255 e. The van der Waals surface area contributed by atoms with Gasteiger partial charge in [-0.15, -0.1) is 0 Å². The summed E-state index contributed by atoms with van der Waals surface area (Å²) in [4.78, 5) is 27.9. The number of hydrogen-bond acceptors (Lipinski definition) is 3. The molecule has 0 spiro atoms. The van der Waals surface area contributed by atoms with Gasteiger partial charge in [0.1, 0.15) is 5.75 Å². The predicted octanol–water partition coefficient (Wildman–Crippen LogP) is 6.53. The lowest BCUT2D eigenvalue weighted by Crippen LogP contribution is -2.38. The molecule has 0 radical (unpaired) electrons. The molecular weight excluding hydrogens is 468 g/mol. The van der Waals surface area contributed by atoms with Crippen LogP contribution in [-0.4, -0.2) is 36.4 Å². The van der Waals surface area contributed by atoms with Crippen molar-refractivity contribution in [2.45, 2.75) is 52.4 Å². The predicted molar refractivity (Wildman–Crippen MR) is 132 cm³/mol. The molecule has 172 valence electrons. The van der Waals surface area contributed by atoms with Gasteiger partial charge in [-0.25, -0.2) is 0 Å². The number of unbranched alkanes of at least 4 members (excludes halogenated alkanes) is 3. The number of carbonyl (C=O) groups is 2. The van der Waals surface area contributed by atoms with E-state index in [0.717, 1.165) is 49.0 Å². The van der Waals surface area contributed by atoms with E-state index < -0.39 is 0 Å². The Bertz CT molecular complexity index is 923. The van der Waals surface area contributed by atoms with Gasteiger partial charge in [0.2, 0.25) is 0 Å². The molecule has 0 aliphatic carbocycles. The van der Waals surface area contributed by atoms with Crippen molar-refractivity contribution in [1.82, 2.24) is 4.90 Å². The zero-order chi connectivity index (χ0) is 22.9. The van der Waals surface area contributed by atoms with Crippen LogP contribution in [0, 0.1) is 5.92 Å². The first-order valence-electron chi connectivity index (χ1n) is 11.6. The number of carbonyl (C=O) groups excluding carboxylic acids is 2. The number of likely N-dealkylation sites (tertiary alicyclic amines) is 1. The normalized spacial score (nSPS) is 14.3. The van der Waals surface area contributed by atoms with Gasteiger partial charge >= 0.3 is 0 Å². The van der Waals surface area contributed by atoms with E-state index in [1.54, 1.807) is 24.3 Å². The quantitative estimate of drug-likeness (QED) is 0.398. The molecule has 2 aromatic carbocycles. The Balaban J connectivity index is 1.64. The SMILES string of the molecule is CCCCCCOc1ccc(C(=O)Nc2ccccc2C(=O)N2CCC(C)CC2)cc1Br. The zero-order valence-electron chi connectivity index (χ0n) is 19.0. The lowest BCUT2D eigenvalue weighted by atomic mass is 9.98. The van der Waals surface area contributed by atoms with Crippen molar-refractivity contribution in [3.05, 3.63) is 58.1 Å². The Hall–Kier alpha value is -2.34. The fourth-order valence-electron chi connectivity index (χ4n) is 3.83. The Morgan fingerprint density at radius 2 is 1.84 bits per heavy atom. The molecular formula is C26H33BrN2O3. The highest BCUT2D eigenvalue weighted by atomic mass is 79.9. The number of ether oxygens (including phenoxy) is 1. The first-order valence-corrected chi connectivity index (χ1v) is 12.4. The summed E-state index contributed by atoms with van der Waals surface area (Å²) in [5.41, 5.74) is 1.57. The summed E-state index contributed by atoms with van der Waals surface area (Å²) >= 11 is 3.51. The maximum Gasteiger partial charge on any atom is 0.255 e. The summed E-state index contributed by atoms with van der Waals surface area (Å²) in [6.07, 6.45) is 6.61. The van der Waals surface area contributed by atoms with Crippen molar-refractivity contribution < 1.29 is 14.3 Å². The minimum atomic E-state index is -0.257. The van der Waals surface area contributed by atoms with Crippen LogP contribution in [0.25, 0.3) is 0 Å². The van der Waals surface area contributed by atoms with E-state index in [1.165, 1.54) is 12.8 Å². The summed E-state index contributed by atoms with van der Waals surface area (Å²) in [5.74, 6) is 1.09. The fourth-order valence-corrected chi connectivity index (χ4v) is 4.32. The molecule has 32 heavy (non-hydrogen) atoms. The van der Waals surface area contributed by atoms with Gasteiger partial charge in [0, 0.05) is 18.7 Å². The molecule has 6 heteroatoms. The minimum absolute atomic E-state index is 0.0270. The molecule has 3 rings (SSSR count). The lowest BCUT2D eigenvalue weighted by Gasteiger charge is -2.30. The van der Waals surface area contributed by atoms with Gasteiger partial charge in [0.15, 0.2) is 0 Å². The molecule has 0 unspecified atom stereocenters. The molecule has 0 aromatic heterocycles. The zero-order valence-corrected chi connectivity index (χ0v) is 20.6. The average Bonchev–Trinajstić information content (AvgIpc) is 2.80. The highest BCUT2D eigenvalue weighted by Crippen LogP contribution is 2.27. The first-order chi connectivity index (χ1) is 15.5. The molecule has 1 fully saturated rings. The number of nitrogens with zero attached hydrogens (tertiary/aromatic N) is 1.